The molecule has 0 saturated carbocycles. The minimum absolute atomic E-state index is 0.0131. The summed E-state index contributed by atoms with van der Waals surface area (Å²) in [5, 5.41) is 3.06. The Morgan fingerprint density at radius 2 is 1.76 bits per heavy atom. The highest BCUT2D eigenvalue weighted by atomic mass is 16.5. The molecule has 2 aromatic carbocycles. The normalized spacial score (nSPS) is 19.7. The molecule has 0 unspecified atom stereocenters. The van der Waals surface area contributed by atoms with Crippen LogP contribution in [-0.2, 0) is 27.3 Å². The van der Waals surface area contributed by atoms with Crippen LogP contribution in [0.4, 0.5) is 0 Å². The summed E-state index contributed by atoms with van der Waals surface area (Å²) >= 11 is 0. The van der Waals surface area contributed by atoms with E-state index in [-0.39, 0.29) is 11.8 Å². The summed E-state index contributed by atoms with van der Waals surface area (Å²) in [6.07, 6.45) is 0.334. The van der Waals surface area contributed by atoms with E-state index in [9.17, 15) is 9.59 Å². The van der Waals surface area contributed by atoms with Crippen LogP contribution in [0.1, 0.15) is 22.7 Å². The van der Waals surface area contributed by atoms with Crippen LogP contribution < -0.4 is 5.32 Å². The number of nitrogens with zero attached hydrogens (tertiary/aromatic N) is 2. The third kappa shape index (κ3) is 4.66. The lowest BCUT2D eigenvalue weighted by molar-refractivity contribution is -0.142. The van der Waals surface area contributed by atoms with E-state index in [4.69, 9.17) is 4.74 Å². The second kappa shape index (κ2) is 9.20. The quantitative estimate of drug-likeness (QED) is 0.813. The third-order valence-electron chi connectivity index (χ3n) is 5.60. The fourth-order valence-corrected chi connectivity index (χ4v) is 4.04. The number of rotatable bonds is 6. The van der Waals surface area contributed by atoms with Gasteiger partial charge in [0.1, 0.15) is 6.04 Å². The Balaban J connectivity index is 1.50. The molecule has 1 fully saturated rings. The van der Waals surface area contributed by atoms with E-state index in [1.54, 1.807) is 4.90 Å². The lowest BCUT2D eigenvalue weighted by atomic mass is 9.91. The minimum atomic E-state index is -0.600. The summed E-state index contributed by atoms with van der Waals surface area (Å²) in [4.78, 5) is 30.1. The number of fused-ring (bicyclic) bond motifs is 1. The van der Waals surface area contributed by atoms with Crippen LogP contribution in [-0.4, -0.2) is 61.0 Å². The largest absolute Gasteiger partial charge is 0.379 e. The molecule has 6 heteroatoms. The number of carbonyl (C=O) groups excluding carboxylic acids is 2. The molecule has 4 rings (SSSR count). The first-order chi connectivity index (χ1) is 14.2. The lowest BCUT2D eigenvalue weighted by Crippen LogP contribution is -2.48. The van der Waals surface area contributed by atoms with Gasteiger partial charge in [0, 0.05) is 32.7 Å². The Morgan fingerprint density at radius 3 is 2.55 bits per heavy atom. The van der Waals surface area contributed by atoms with Gasteiger partial charge in [-0.1, -0.05) is 54.6 Å². The average molecular weight is 393 g/mol. The molecule has 6 nitrogen and oxygen atoms in total. The standard InChI is InChI=1S/C23H27N3O3/c27-21-16-19-8-4-5-9-20(19)22(26(21)17-18-6-2-1-3-7-18)23(28)24-10-11-25-12-14-29-15-13-25/h1-9,22H,10-17H2,(H,24,28)/t22-/m1/s1. The number of hydrogen-bond donors (Lipinski definition) is 1. The van der Waals surface area contributed by atoms with E-state index < -0.39 is 6.04 Å². The highest BCUT2D eigenvalue weighted by Crippen LogP contribution is 2.32. The molecule has 0 radical (unpaired) electrons. The molecular formula is C23H27N3O3. The highest BCUT2D eigenvalue weighted by Gasteiger charge is 2.36. The maximum absolute atomic E-state index is 13.2. The van der Waals surface area contributed by atoms with Crippen molar-refractivity contribution < 1.29 is 14.3 Å². The number of carbonyl (C=O) groups is 2. The van der Waals surface area contributed by atoms with Gasteiger partial charge in [-0.05, 0) is 16.7 Å². The first-order valence-electron chi connectivity index (χ1n) is 10.2. The van der Waals surface area contributed by atoms with Crippen LogP contribution in [0.5, 0.6) is 0 Å². The van der Waals surface area contributed by atoms with Crippen molar-refractivity contribution in [1.29, 1.82) is 0 Å². The Bertz CT molecular complexity index is 849. The van der Waals surface area contributed by atoms with E-state index in [1.807, 2.05) is 54.6 Å². The summed E-state index contributed by atoms with van der Waals surface area (Å²) in [5.74, 6) is -0.129. The van der Waals surface area contributed by atoms with Crippen molar-refractivity contribution in [2.75, 3.05) is 39.4 Å². The van der Waals surface area contributed by atoms with E-state index in [0.29, 0.717) is 19.5 Å². The van der Waals surface area contributed by atoms with E-state index >= 15 is 0 Å². The molecule has 2 aromatic rings. The zero-order valence-electron chi connectivity index (χ0n) is 16.5. The van der Waals surface area contributed by atoms with Gasteiger partial charge in [0.05, 0.1) is 19.6 Å². The topological polar surface area (TPSA) is 61.9 Å². The Labute approximate surface area is 171 Å². The fraction of sp³-hybridized carbons (Fsp3) is 0.391. The average Bonchev–Trinajstić information content (AvgIpc) is 2.75. The molecule has 0 aliphatic carbocycles. The number of hydrogen-bond acceptors (Lipinski definition) is 4. The fourth-order valence-electron chi connectivity index (χ4n) is 4.04. The number of nitrogens with one attached hydrogen (secondary N) is 1. The summed E-state index contributed by atoms with van der Waals surface area (Å²) < 4.78 is 5.37. The Kier molecular flexibility index (Phi) is 6.22. The van der Waals surface area contributed by atoms with Crippen LogP contribution in [0.3, 0.4) is 0 Å². The number of morpholine rings is 1. The molecule has 1 atom stereocenters. The van der Waals surface area contributed by atoms with Gasteiger partial charge in [0.25, 0.3) is 0 Å². The van der Waals surface area contributed by atoms with E-state index in [1.165, 1.54) is 0 Å². The van der Waals surface area contributed by atoms with Gasteiger partial charge in [-0.2, -0.15) is 0 Å². The van der Waals surface area contributed by atoms with Gasteiger partial charge < -0.3 is 15.0 Å². The summed E-state index contributed by atoms with van der Waals surface area (Å²) in [6.45, 7) is 5.03. The predicted octanol–water partition coefficient (Wildman–Crippen LogP) is 1.76. The van der Waals surface area contributed by atoms with Crippen molar-refractivity contribution in [3.63, 3.8) is 0 Å². The smallest absolute Gasteiger partial charge is 0.247 e. The monoisotopic (exact) mass is 393 g/mol. The number of benzene rings is 2. The second-order valence-electron chi connectivity index (χ2n) is 7.53. The van der Waals surface area contributed by atoms with Crippen molar-refractivity contribution in [3.05, 3.63) is 71.3 Å². The van der Waals surface area contributed by atoms with Crippen molar-refractivity contribution >= 4 is 11.8 Å². The van der Waals surface area contributed by atoms with Gasteiger partial charge in [-0.3, -0.25) is 14.5 Å². The van der Waals surface area contributed by atoms with Crippen LogP contribution in [0.2, 0.25) is 0 Å². The molecule has 0 spiro atoms. The SMILES string of the molecule is O=C(NCCN1CCOCC1)[C@H]1c2ccccc2CC(=O)N1Cc1ccccc1. The Morgan fingerprint density at radius 1 is 1.03 bits per heavy atom. The van der Waals surface area contributed by atoms with Crippen LogP contribution in [0, 0.1) is 0 Å². The predicted molar refractivity (Wildman–Crippen MR) is 110 cm³/mol. The van der Waals surface area contributed by atoms with Crippen LogP contribution >= 0.6 is 0 Å². The maximum Gasteiger partial charge on any atom is 0.247 e. The lowest BCUT2D eigenvalue weighted by Gasteiger charge is -2.36. The molecule has 152 valence electrons. The van der Waals surface area contributed by atoms with Gasteiger partial charge >= 0.3 is 0 Å². The molecule has 1 N–H and O–H groups in total. The van der Waals surface area contributed by atoms with Crippen LogP contribution in [0.15, 0.2) is 54.6 Å². The molecule has 2 heterocycles. The third-order valence-corrected chi connectivity index (χ3v) is 5.60. The summed E-state index contributed by atoms with van der Waals surface area (Å²) in [6, 6.07) is 17.0. The highest BCUT2D eigenvalue weighted by molar-refractivity contribution is 5.92. The van der Waals surface area contributed by atoms with Crippen molar-refractivity contribution in [2.24, 2.45) is 0 Å². The first-order valence-corrected chi connectivity index (χ1v) is 10.2. The zero-order chi connectivity index (χ0) is 20.1. The molecule has 2 aliphatic heterocycles. The van der Waals surface area contributed by atoms with Gasteiger partial charge in [0.15, 0.2) is 0 Å². The van der Waals surface area contributed by atoms with Crippen molar-refractivity contribution in [3.8, 4) is 0 Å². The maximum atomic E-state index is 13.2. The van der Waals surface area contributed by atoms with E-state index in [0.717, 1.165) is 49.5 Å². The van der Waals surface area contributed by atoms with Crippen molar-refractivity contribution in [1.82, 2.24) is 15.1 Å². The summed E-state index contributed by atoms with van der Waals surface area (Å²) in [7, 11) is 0. The molecule has 29 heavy (non-hydrogen) atoms. The molecule has 2 aliphatic rings. The number of amides is 2. The summed E-state index contributed by atoms with van der Waals surface area (Å²) in [5.41, 5.74) is 2.88. The molecular weight excluding hydrogens is 366 g/mol. The van der Waals surface area contributed by atoms with Gasteiger partial charge in [-0.25, -0.2) is 0 Å². The van der Waals surface area contributed by atoms with E-state index in [2.05, 4.69) is 10.2 Å². The molecule has 0 bridgehead atoms. The number of ether oxygens (including phenoxy) is 1. The van der Waals surface area contributed by atoms with Gasteiger partial charge in [0.2, 0.25) is 11.8 Å². The molecule has 2 amide bonds. The molecule has 0 aromatic heterocycles. The van der Waals surface area contributed by atoms with Crippen molar-refractivity contribution in [2.45, 2.75) is 19.0 Å². The second-order valence-corrected chi connectivity index (χ2v) is 7.53. The Hall–Kier alpha value is -2.70. The molecule has 1 saturated heterocycles. The van der Waals surface area contributed by atoms with Gasteiger partial charge in [-0.15, -0.1) is 0 Å². The zero-order valence-corrected chi connectivity index (χ0v) is 16.5. The minimum Gasteiger partial charge on any atom is -0.379 e. The van der Waals surface area contributed by atoms with Crippen LogP contribution in [0.25, 0.3) is 0 Å². The first kappa shape index (κ1) is 19.6.